The second-order valence-corrected chi connectivity index (χ2v) is 4.43. The van der Waals surface area contributed by atoms with E-state index >= 15 is 0 Å². The number of benzene rings is 1. The Kier molecular flexibility index (Phi) is 3.90. The molecule has 0 saturated carbocycles. The monoisotopic (exact) mass is 259 g/mol. The zero-order valence-electron chi connectivity index (χ0n) is 10.5. The highest BCUT2D eigenvalue weighted by Gasteiger charge is 2.23. The molecule has 0 aliphatic heterocycles. The van der Waals surface area contributed by atoms with Crippen molar-refractivity contribution in [2.45, 2.75) is 19.3 Å². The second kappa shape index (κ2) is 5.61. The summed E-state index contributed by atoms with van der Waals surface area (Å²) in [5, 5.41) is 9.35. The Morgan fingerprint density at radius 2 is 2.16 bits per heavy atom. The number of aryl methyl sites for hydroxylation is 1. The van der Waals surface area contributed by atoms with E-state index in [0.29, 0.717) is 11.3 Å². The zero-order chi connectivity index (χ0) is 13.8. The van der Waals surface area contributed by atoms with Gasteiger partial charge in [-0.25, -0.2) is 4.39 Å². The van der Waals surface area contributed by atoms with Gasteiger partial charge in [0.1, 0.15) is 11.7 Å². The molecule has 3 nitrogen and oxygen atoms in total. The molecule has 1 aromatic carbocycles. The molecule has 19 heavy (non-hydrogen) atoms. The van der Waals surface area contributed by atoms with E-state index in [1.54, 1.807) is 24.4 Å². The molecule has 98 valence electrons. The molecule has 1 N–H and O–H groups in total. The van der Waals surface area contributed by atoms with Crippen LogP contribution in [0.4, 0.5) is 4.39 Å². The van der Waals surface area contributed by atoms with E-state index in [1.165, 1.54) is 12.1 Å². The van der Waals surface area contributed by atoms with Crippen molar-refractivity contribution in [1.29, 1.82) is 0 Å². The fraction of sp³-hybridized carbons (Fsp3) is 0.200. The van der Waals surface area contributed by atoms with Gasteiger partial charge in [0.15, 0.2) is 0 Å². The van der Waals surface area contributed by atoms with Crippen molar-refractivity contribution >= 4 is 5.97 Å². The lowest BCUT2D eigenvalue weighted by atomic mass is 9.93. The van der Waals surface area contributed by atoms with Crippen LogP contribution >= 0.6 is 0 Å². The Morgan fingerprint density at radius 3 is 2.79 bits per heavy atom. The van der Waals surface area contributed by atoms with E-state index in [9.17, 15) is 14.3 Å². The summed E-state index contributed by atoms with van der Waals surface area (Å²) >= 11 is 0. The van der Waals surface area contributed by atoms with Crippen molar-refractivity contribution in [2.75, 3.05) is 0 Å². The highest BCUT2D eigenvalue weighted by molar-refractivity contribution is 5.76. The van der Waals surface area contributed by atoms with E-state index < -0.39 is 11.9 Å². The summed E-state index contributed by atoms with van der Waals surface area (Å²) in [4.78, 5) is 15.6. The number of carboxylic acids is 1. The van der Waals surface area contributed by atoms with Crippen LogP contribution in [0.15, 0.2) is 42.6 Å². The maximum absolute atomic E-state index is 13.1. The maximum Gasteiger partial charge on any atom is 0.312 e. The summed E-state index contributed by atoms with van der Waals surface area (Å²) in [6.07, 6.45) is 1.80. The molecule has 2 aromatic rings. The zero-order valence-corrected chi connectivity index (χ0v) is 10.5. The fourth-order valence-corrected chi connectivity index (χ4v) is 2.06. The van der Waals surface area contributed by atoms with Gasteiger partial charge in [0.2, 0.25) is 0 Å². The highest BCUT2D eigenvalue weighted by atomic mass is 19.1. The quantitative estimate of drug-likeness (QED) is 0.918. The average Bonchev–Trinajstić information content (AvgIpc) is 2.37. The first-order valence-electron chi connectivity index (χ1n) is 5.96. The van der Waals surface area contributed by atoms with Crippen LogP contribution in [-0.4, -0.2) is 16.1 Å². The summed E-state index contributed by atoms with van der Waals surface area (Å²) in [7, 11) is 0. The van der Waals surface area contributed by atoms with Crippen LogP contribution in [-0.2, 0) is 11.2 Å². The number of hydrogen-bond donors (Lipinski definition) is 1. The van der Waals surface area contributed by atoms with Crippen LogP contribution in [0.25, 0.3) is 0 Å². The molecule has 1 heterocycles. The summed E-state index contributed by atoms with van der Waals surface area (Å²) in [5.41, 5.74) is 2.00. The Hall–Kier alpha value is -2.23. The molecule has 0 radical (unpaired) electrons. The third kappa shape index (κ3) is 3.16. The summed E-state index contributed by atoms with van der Waals surface area (Å²) in [6.45, 7) is 1.82. The molecule has 0 amide bonds. The van der Waals surface area contributed by atoms with Crippen LogP contribution in [0.1, 0.15) is 22.7 Å². The van der Waals surface area contributed by atoms with Crippen molar-refractivity contribution in [3.05, 3.63) is 65.2 Å². The van der Waals surface area contributed by atoms with Crippen LogP contribution in [0.5, 0.6) is 0 Å². The predicted molar refractivity (Wildman–Crippen MR) is 69.5 cm³/mol. The van der Waals surface area contributed by atoms with E-state index in [4.69, 9.17) is 0 Å². The molecule has 1 unspecified atom stereocenters. The van der Waals surface area contributed by atoms with Crippen molar-refractivity contribution < 1.29 is 14.3 Å². The van der Waals surface area contributed by atoms with Crippen LogP contribution in [0, 0.1) is 12.7 Å². The van der Waals surface area contributed by atoms with Gasteiger partial charge in [-0.2, -0.15) is 0 Å². The number of carbonyl (C=O) groups is 1. The summed E-state index contributed by atoms with van der Waals surface area (Å²) in [6, 6.07) is 9.58. The van der Waals surface area contributed by atoms with Crippen LogP contribution < -0.4 is 0 Å². The normalized spacial score (nSPS) is 12.1. The number of pyridine rings is 1. The van der Waals surface area contributed by atoms with E-state index in [1.807, 2.05) is 13.0 Å². The largest absolute Gasteiger partial charge is 0.481 e. The molecule has 1 aromatic heterocycles. The second-order valence-electron chi connectivity index (χ2n) is 4.43. The smallest absolute Gasteiger partial charge is 0.312 e. The first-order chi connectivity index (χ1) is 9.08. The van der Waals surface area contributed by atoms with Crippen molar-refractivity contribution in [2.24, 2.45) is 0 Å². The van der Waals surface area contributed by atoms with Gasteiger partial charge in [-0.15, -0.1) is 0 Å². The number of aliphatic carboxylic acids is 1. The number of nitrogens with zero attached hydrogens (tertiary/aromatic N) is 1. The first-order valence-corrected chi connectivity index (χ1v) is 5.96. The minimum atomic E-state index is -0.953. The minimum absolute atomic E-state index is 0.227. The Labute approximate surface area is 110 Å². The highest BCUT2D eigenvalue weighted by Crippen LogP contribution is 2.22. The summed E-state index contributed by atoms with van der Waals surface area (Å²) in [5.74, 6) is -2.08. The third-order valence-electron chi connectivity index (χ3n) is 3.01. The SMILES string of the molecule is Cc1cccnc1C(Cc1cccc(F)c1)C(=O)O. The molecule has 4 heteroatoms. The lowest BCUT2D eigenvalue weighted by molar-refractivity contribution is -0.138. The standard InChI is InChI=1S/C15H14FNO2/c1-10-4-3-7-17-14(10)13(15(18)19)9-11-5-2-6-12(16)8-11/h2-8,13H,9H2,1H3,(H,18,19). The molecular weight excluding hydrogens is 245 g/mol. The van der Waals surface area contributed by atoms with E-state index in [-0.39, 0.29) is 12.2 Å². The van der Waals surface area contributed by atoms with Crippen LogP contribution in [0.3, 0.4) is 0 Å². The van der Waals surface area contributed by atoms with Gasteiger partial charge in [-0.05, 0) is 42.7 Å². The Bertz CT molecular complexity index is 598. The number of halogens is 1. The molecule has 1 atom stereocenters. The average molecular weight is 259 g/mol. The molecule has 0 saturated heterocycles. The van der Waals surface area contributed by atoms with Gasteiger partial charge in [0.05, 0.1) is 5.69 Å². The third-order valence-corrected chi connectivity index (χ3v) is 3.01. The first kappa shape index (κ1) is 13.2. The van der Waals surface area contributed by atoms with Gasteiger partial charge in [-0.1, -0.05) is 18.2 Å². The fourth-order valence-electron chi connectivity index (χ4n) is 2.06. The lowest BCUT2D eigenvalue weighted by Crippen LogP contribution is -2.17. The lowest BCUT2D eigenvalue weighted by Gasteiger charge is -2.14. The maximum atomic E-state index is 13.1. The van der Waals surface area contributed by atoms with Gasteiger partial charge >= 0.3 is 5.97 Å². The number of carboxylic acid groups (broad SMARTS) is 1. The molecule has 2 rings (SSSR count). The Morgan fingerprint density at radius 1 is 1.37 bits per heavy atom. The molecule has 0 aliphatic rings. The molecule has 0 bridgehead atoms. The van der Waals surface area contributed by atoms with Crippen molar-refractivity contribution in [3.8, 4) is 0 Å². The molecular formula is C15H14FNO2. The molecule has 0 aliphatic carbocycles. The van der Waals surface area contributed by atoms with E-state index in [0.717, 1.165) is 5.56 Å². The van der Waals surface area contributed by atoms with Crippen molar-refractivity contribution in [1.82, 2.24) is 4.98 Å². The number of aromatic nitrogens is 1. The molecule has 0 fully saturated rings. The van der Waals surface area contributed by atoms with Crippen LogP contribution in [0.2, 0.25) is 0 Å². The molecule has 0 spiro atoms. The van der Waals surface area contributed by atoms with Gasteiger partial charge in [0.25, 0.3) is 0 Å². The summed E-state index contributed by atoms with van der Waals surface area (Å²) < 4.78 is 13.1. The van der Waals surface area contributed by atoms with Crippen molar-refractivity contribution in [3.63, 3.8) is 0 Å². The topological polar surface area (TPSA) is 50.2 Å². The van der Waals surface area contributed by atoms with E-state index in [2.05, 4.69) is 4.98 Å². The Balaban J connectivity index is 2.32. The number of hydrogen-bond acceptors (Lipinski definition) is 2. The number of rotatable bonds is 4. The minimum Gasteiger partial charge on any atom is -0.481 e. The predicted octanol–water partition coefficient (Wildman–Crippen LogP) is 2.94. The van der Waals surface area contributed by atoms with Gasteiger partial charge < -0.3 is 5.11 Å². The van der Waals surface area contributed by atoms with Gasteiger partial charge in [0, 0.05) is 6.20 Å². The van der Waals surface area contributed by atoms with Gasteiger partial charge in [-0.3, -0.25) is 9.78 Å².